The highest BCUT2D eigenvalue weighted by atomic mass is 19.4. The van der Waals surface area contributed by atoms with Crippen LogP contribution in [0.15, 0.2) is 60.7 Å². The molecule has 21 heavy (non-hydrogen) atoms. The Hall–Kier alpha value is -2.36. The normalized spacial score (nSPS) is 11.8. The summed E-state index contributed by atoms with van der Waals surface area (Å²) >= 11 is 0. The smallest absolute Gasteiger partial charge is 0.207 e. The number of rotatable bonds is 1. The van der Waals surface area contributed by atoms with Gasteiger partial charge in [0, 0.05) is 0 Å². The van der Waals surface area contributed by atoms with Gasteiger partial charge in [-0.3, -0.25) is 0 Å². The number of hydrogen-bond acceptors (Lipinski definition) is 0. The fraction of sp³-hybridized carbons (Fsp3) is 0.0588. The van der Waals surface area contributed by atoms with E-state index in [1.165, 1.54) is 18.2 Å². The van der Waals surface area contributed by atoms with Gasteiger partial charge in [0.15, 0.2) is 0 Å². The summed E-state index contributed by atoms with van der Waals surface area (Å²) in [5.74, 6) is -0.339. The number of benzene rings is 3. The zero-order valence-electron chi connectivity index (χ0n) is 10.8. The summed E-state index contributed by atoms with van der Waals surface area (Å²) in [6.45, 7) is 0. The highest BCUT2D eigenvalue weighted by Crippen LogP contribution is 2.33. The highest BCUT2D eigenvalue weighted by molar-refractivity contribution is 5.87. The molecule has 106 valence electrons. The van der Waals surface area contributed by atoms with Crippen LogP contribution in [-0.4, -0.2) is 0 Å². The Kier molecular flexibility index (Phi) is 3.16. The monoisotopic (exact) mass is 290 g/mol. The molecule has 3 rings (SSSR count). The maximum absolute atomic E-state index is 13.1. The van der Waals surface area contributed by atoms with Crippen molar-refractivity contribution in [3.63, 3.8) is 0 Å². The topological polar surface area (TPSA) is 0 Å². The van der Waals surface area contributed by atoms with Crippen molar-refractivity contribution in [3.8, 4) is 11.1 Å². The number of fused-ring (bicyclic) bond motifs is 1. The fourth-order valence-corrected chi connectivity index (χ4v) is 2.27. The second-order valence-corrected chi connectivity index (χ2v) is 4.78. The standard InChI is InChI=1S/C17H10F4/c18-16-7-6-13-8-12(4-5-14(13)10-16)11-2-1-3-15(9-11)17(19,20)21/h1-10H. The van der Waals surface area contributed by atoms with Crippen LogP contribution in [-0.2, 0) is 6.18 Å². The van der Waals surface area contributed by atoms with Gasteiger partial charge in [-0.1, -0.05) is 30.3 Å². The molecule has 0 N–H and O–H groups in total. The van der Waals surface area contributed by atoms with Gasteiger partial charge >= 0.3 is 6.18 Å². The molecule has 0 unspecified atom stereocenters. The van der Waals surface area contributed by atoms with Crippen molar-refractivity contribution in [3.05, 3.63) is 72.0 Å². The molecule has 0 aliphatic rings. The van der Waals surface area contributed by atoms with Crippen LogP contribution in [0.2, 0.25) is 0 Å². The molecular weight excluding hydrogens is 280 g/mol. The van der Waals surface area contributed by atoms with Crippen molar-refractivity contribution in [2.24, 2.45) is 0 Å². The summed E-state index contributed by atoms with van der Waals surface area (Å²) < 4.78 is 51.3. The molecule has 3 aromatic carbocycles. The van der Waals surface area contributed by atoms with E-state index in [4.69, 9.17) is 0 Å². The molecule has 0 atom stereocenters. The van der Waals surface area contributed by atoms with Gasteiger partial charge in [0.25, 0.3) is 0 Å². The van der Waals surface area contributed by atoms with E-state index in [-0.39, 0.29) is 5.82 Å². The quantitative estimate of drug-likeness (QED) is 0.507. The molecule has 0 bridgehead atoms. The second-order valence-electron chi connectivity index (χ2n) is 4.78. The van der Waals surface area contributed by atoms with Crippen LogP contribution in [0.1, 0.15) is 5.56 Å². The highest BCUT2D eigenvalue weighted by Gasteiger charge is 2.30. The Morgan fingerprint density at radius 2 is 1.33 bits per heavy atom. The van der Waals surface area contributed by atoms with E-state index in [1.54, 1.807) is 30.3 Å². The number of hydrogen-bond donors (Lipinski definition) is 0. The Labute approximate surface area is 118 Å². The SMILES string of the molecule is Fc1ccc2cc(-c3cccc(C(F)(F)F)c3)ccc2c1. The summed E-state index contributed by atoms with van der Waals surface area (Å²) in [5.41, 5.74) is 0.468. The van der Waals surface area contributed by atoms with Crippen LogP contribution in [0.4, 0.5) is 17.6 Å². The van der Waals surface area contributed by atoms with E-state index in [0.717, 1.165) is 17.5 Å². The molecule has 0 spiro atoms. The van der Waals surface area contributed by atoms with Gasteiger partial charge in [0.1, 0.15) is 5.82 Å². The largest absolute Gasteiger partial charge is 0.416 e. The van der Waals surface area contributed by atoms with Crippen LogP contribution in [0.5, 0.6) is 0 Å². The van der Waals surface area contributed by atoms with Crippen molar-refractivity contribution < 1.29 is 17.6 Å². The molecule has 0 aromatic heterocycles. The van der Waals surface area contributed by atoms with Gasteiger partial charge in [-0.05, 0) is 52.2 Å². The van der Waals surface area contributed by atoms with Gasteiger partial charge in [0.05, 0.1) is 5.56 Å². The van der Waals surface area contributed by atoms with Crippen molar-refractivity contribution >= 4 is 10.8 Å². The van der Waals surface area contributed by atoms with E-state index in [2.05, 4.69) is 0 Å². The van der Waals surface area contributed by atoms with Crippen LogP contribution >= 0.6 is 0 Å². The molecule has 0 fully saturated rings. The van der Waals surface area contributed by atoms with Crippen molar-refractivity contribution in [1.82, 2.24) is 0 Å². The van der Waals surface area contributed by atoms with Crippen LogP contribution < -0.4 is 0 Å². The molecular formula is C17H10F4. The molecule has 3 aromatic rings. The number of halogens is 4. The van der Waals surface area contributed by atoms with Gasteiger partial charge in [0.2, 0.25) is 0 Å². The molecule has 0 aliphatic heterocycles. The number of alkyl halides is 3. The minimum absolute atomic E-state index is 0.339. The van der Waals surface area contributed by atoms with Crippen molar-refractivity contribution in [1.29, 1.82) is 0 Å². The average molecular weight is 290 g/mol. The molecule has 0 radical (unpaired) electrons. The maximum atomic E-state index is 13.1. The summed E-state index contributed by atoms with van der Waals surface area (Å²) in [5, 5.41) is 1.50. The van der Waals surface area contributed by atoms with Gasteiger partial charge in [-0.25, -0.2) is 4.39 Å². The van der Waals surface area contributed by atoms with E-state index in [9.17, 15) is 17.6 Å². The lowest BCUT2D eigenvalue weighted by atomic mass is 9.99. The minimum Gasteiger partial charge on any atom is -0.207 e. The zero-order valence-corrected chi connectivity index (χ0v) is 10.8. The first kappa shape index (κ1) is 13.6. The van der Waals surface area contributed by atoms with E-state index in [1.807, 2.05) is 0 Å². The van der Waals surface area contributed by atoms with Crippen molar-refractivity contribution in [2.45, 2.75) is 6.18 Å². The molecule has 0 nitrogen and oxygen atoms in total. The van der Waals surface area contributed by atoms with Crippen LogP contribution in [0, 0.1) is 5.82 Å². The predicted molar refractivity (Wildman–Crippen MR) is 74.3 cm³/mol. The summed E-state index contributed by atoms with van der Waals surface area (Å²) in [6, 6.07) is 14.7. The Balaban J connectivity index is 2.10. The maximum Gasteiger partial charge on any atom is 0.416 e. The fourth-order valence-electron chi connectivity index (χ4n) is 2.27. The third-order valence-electron chi connectivity index (χ3n) is 3.33. The van der Waals surface area contributed by atoms with Crippen molar-refractivity contribution in [2.75, 3.05) is 0 Å². The summed E-state index contributed by atoms with van der Waals surface area (Å²) in [7, 11) is 0. The molecule has 4 heteroatoms. The molecule has 0 amide bonds. The third kappa shape index (κ3) is 2.75. The van der Waals surface area contributed by atoms with Gasteiger partial charge in [-0.2, -0.15) is 13.2 Å². The minimum atomic E-state index is -4.37. The zero-order chi connectivity index (χ0) is 15.0. The lowest BCUT2D eigenvalue weighted by Crippen LogP contribution is -2.04. The second kappa shape index (κ2) is 4.88. The molecule has 0 heterocycles. The Morgan fingerprint density at radius 3 is 2.10 bits per heavy atom. The first-order valence-electron chi connectivity index (χ1n) is 6.30. The van der Waals surface area contributed by atoms with Crippen LogP contribution in [0.3, 0.4) is 0 Å². The molecule has 0 aliphatic carbocycles. The first-order valence-corrected chi connectivity index (χ1v) is 6.30. The van der Waals surface area contributed by atoms with E-state index >= 15 is 0 Å². The van der Waals surface area contributed by atoms with E-state index < -0.39 is 11.7 Å². The third-order valence-corrected chi connectivity index (χ3v) is 3.33. The lowest BCUT2D eigenvalue weighted by molar-refractivity contribution is -0.137. The Morgan fingerprint density at radius 1 is 0.667 bits per heavy atom. The summed E-state index contributed by atoms with van der Waals surface area (Å²) in [6.07, 6.45) is -4.37. The summed E-state index contributed by atoms with van der Waals surface area (Å²) in [4.78, 5) is 0. The van der Waals surface area contributed by atoms with Gasteiger partial charge < -0.3 is 0 Å². The van der Waals surface area contributed by atoms with E-state index in [0.29, 0.717) is 16.5 Å². The average Bonchev–Trinajstić information content (AvgIpc) is 2.46. The molecule has 0 saturated heterocycles. The lowest BCUT2D eigenvalue weighted by Gasteiger charge is -2.09. The first-order chi connectivity index (χ1) is 9.93. The Bertz CT molecular complexity index is 803. The van der Waals surface area contributed by atoms with Gasteiger partial charge in [-0.15, -0.1) is 0 Å². The van der Waals surface area contributed by atoms with Crippen LogP contribution in [0.25, 0.3) is 21.9 Å². The molecule has 0 saturated carbocycles. The predicted octanol–water partition coefficient (Wildman–Crippen LogP) is 5.66.